The summed E-state index contributed by atoms with van der Waals surface area (Å²) >= 11 is 0. The van der Waals surface area contributed by atoms with Gasteiger partial charge >= 0.3 is 0 Å². The predicted molar refractivity (Wildman–Crippen MR) is 33.1 cm³/mol. The summed E-state index contributed by atoms with van der Waals surface area (Å²) in [5, 5.41) is 11.0. The molecule has 0 unspecified atom stereocenters. The van der Waals surface area contributed by atoms with E-state index < -0.39 is 0 Å². The Labute approximate surface area is 55.9 Å². The van der Waals surface area contributed by atoms with Crippen molar-refractivity contribution in [1.29, 1.82) is 0 Å². The molecule has 2 N–H and O–H groups in total. The molecule has 10 heavy (non-hydrogen) atoms. The van der Waals surface area contributed by atoms with Gasteiger partial charge in [-0.1, -0.05) is 0 Å². The monoisotopic (exact) mass is 140 g/mol. The molecule has 0 spiro atoms. The molecule has 1 heterocycles. The van der Waals surface area contributed by atoms with Crippen molar-refractivity contribution in [3.05, 3.63) is 17.3 Å². The number of aromatic hydroxyl groups is 1. The lowest BCUT2D eigenvalue weighted by molar-refractivity contribution is 0.470. The fourth-order valence-corrected chi connectivity index (χ4v) is 0.420. The first-order valence-corrected chi connectivity index (χ1v) is 2.42. The van der Waals surface area contributed by atoms with Crippen molar-refractivity contribution >= 4 is 5.95 Å². The van der Waals surface area contributed by atoms with Gasteiger partial charge in [0, 0.05) is 0 Å². The van der Waals surface area contributed by atoms with E-state index in [1.807, 2.05) is 5.43 Å². The van der Waals surface area contributed by atoms with Crippen molar-refractivity contribution in [2.24, 2.45) is 5.29 Å². The normalized spacial score (nSPS) is 8.80. The minimum Gasteiger partial charge on any atom is -0.505 e. The second kappa shape index (κ2) is 2.72. The molecule has 0 bridgehead atoms. The molecule has 0 amide bonds. The van der Waals surface area contributed by atoms with Crippen LogP contribution in [0.4, 0.5) is 5.95 Å². The van der Waals surface area contributed by atoms with Gasteiger partial charge in [-0.2, -0.15) is 0 Å². The number of aromatic nitrogens is 2. The fraction of sp³-hybridized carbons (Fsp3) is 0. The van der Waals surface area contributed by atoms with Crippen LogP contribution in [0.15, 0.2) is 17.7 Å². The Hall–Kier alpha value is -1.72. The predicted octanol–water partition coefficient (Wildman–Crippen LogP) is 0.275. The molecule has 0 saturated carbocycles. The van der Waals surface area contributed by atoms with Gasteiger partial charge in [-0.05, 0) is 0 Å². The third-order valence-electron chi connectivity index (χ3n) is 0.784. The smallest absolute Gasteiger partial charge is 0.246 e. The maximum absolute atomic E-state index is 9.56. The van der Waals surface area contributed by atoms with Gasteiger partial charge in [0.05, 0.1) is 17.7 Å². The third-order valence-corrected chi connectivity index (χ3v) is 0.784. The maximum atomic E-state index is 9.56. The van der Waals surface area contributed by atoms with Crippen molar-refractivity contribution in [3.63, 3.8) is 0 Å². The van der Waals surface area contributed by atoms with Crippen LogP contribution in [0.2, 0.25) is 0 Å². The van der Waals surface area contributed by atoms with E-state index in [1.165, 1.54) is 0 Å². The molecule has 52 valence electrons. The molecule has 1 aromatic rings. The molecular weight excluding hydrogens is 136 g/mol. The first-order chi connectivity index (χ1) is 4.83. The van der Waals surface area contributed by atoms with Gasteiger partial charge in [0.25, 0.3) is 0 Å². The summed E-state index contributed by atoms with van der Waals surface area (Å²) in [4.78, 5) is 16.6. The van der Waals surface area contributed by atoms with Gasteiger partial charge in [-0.3, -0.25) is 0 Å². The van der Waals surface area contributed by atoms with E-state index in [4.69, 9.17) is 5.11 Å². The summed E-state index contributed by atoms with van der Waals surface area (Å²) in [6.45, 7) is 0. The molecule has 0 radical (unpaired) electrons. The van der Waals surface area contributed by atoms with Crippen molar-refractivity contribution in [2.75, 3.05) is 5.43 Å². The number of rotatable bonds is 2. The highest BCUT2D eigenvalue weighted by atomic mass is 16.3. The summed E-state index contributed by atoms with van der Waals surface area (Å²) in [5.74, 6) is 0.00393. The minimum atomic E-state index is -0.0588. The van der Waals surface area contributed by atoms with E-state index in [-0.39, 0.29) is 11.7 Å². The van der Waals surface area contributed by atoms with E-state index in [2.05, 4.69) is 15.3 Å². The minimum absolute atomic E-state index is 0.0588. The van der Waals surface area contributed by atoms with Crippen LogP contribution < -0.4 is 5.43 Å². The number of nitrogens with zero attached hydrogens (tertiary/aromatic N) is 3. The van der Waals surface area contributed by atoms with E-state index in [9.17, 15) is 4.91 Å². The Morgan fingerprint density at radius 2 is 2.10 bits per heavy atom. The summed E-state index contributed by atoms with van der Waals surface area (Å²) < 4.78 is 0. The summed E-state index contributed by atoms with van der Waals surface area (Å²) in [6, 6.07) is 0. The Kier molecular flexibility index (Phi) is 1.74. The second-order valence-corrected chi connectivity index (χ2v) is 1.47. The van der Waals surface area contributed by atoms with E-state index in [1.54, 1.807) is 0 Å². The molecule has 0 saturated heterocycles. The Bertz CT molecular complexity index is 221. The van der Waals surface area contributed by atoms with Crippen molar-refractivity contribution in [3.8, 4) is 5.75 Å². The zero-order valence-corrected chi connectivity index (χ0v) is 4.85. The highest BCUT2D eigenvalue weighted by Gasteiger charge is 1.92. The van der Waals surface area contributed by atoms with Crippen molar-refractivity contribution in [1.82, 2.24) is 9.97 Å². The number of anilines is 1. The lowest BCUT2D eigenvalue weighted by atomic mass is 10.6. The zero-order valence-electron chi connectivity index (χ0n) is 4.85. The quantitative estimate of drug-likeness (QED) is 0.455. The summed E-state index contributed by atoms with van der Waals surface area (Å²) in [7, 11) is 0. The van der Waals surface area contributed by atoms with Crippen LogP contribution in [0.25, 0.3) is 0 Å². The topological polar surface area (TPSA) is 87.5 Å². The van der Waals surface area contributed by atoms with Crippen LogP contribution in [-0.4, -0.2) is 15.1 Å². The number of nitrogens with one attached hydrogen (secondary N) is 1. The number of nitroso groups, excluding NO2 is 1. The molecule has 1 rings (SSSR count). The van der Waals surface area contributed by atoms with Crippen LogP contribution >= 0.6 is 0 Å². The number of hydrogen-bond acceptors (Lipinski definition) is 5. The Morgan fingerprint density at radius 1 is 1.50 bits per heavy atom. The molecule has 0 atom stereocenters. The molecule has 0 fully saturated rings. The van der Waals surface area contributed by atoms with Crippen LogP contribution in [0.5, 0.6) is 5.75 Å². The first kappa shape index (κ1) is 6.40. The second-order valence-electron chi connectivity index (χ2n) is 1.47. The lowest BCUT2D eigenvalue weighted by Crippen LogP contribution is -1.92. The Balaban J connectivity index is 2.78. The first-order valence-electron chi connectivity index (χ1n) is 2.42. The van der Waals surface area contributed by atoms with Crippen LogP contribution in [0, 0.1) is 4.91 Å². The molecular formula is C4H4N4O2. The Morgan fingerprint density at radius 3 is 2.60 bits per heavy atom. The summed E-state index contributed by atoms with van der Waals surface area (Å²) in [6.07, 6.45) is 2.31. The van der Waals surface area contributed by atoms with Gasteiger partial charge in [0.1, 0.15) is 0 Å². The average molecular weight is 140 g/mol. The van der Waals surface area contributed by atoms with Gasteiger partial charge < -0.3 is 5.11 Å². The lowest BCUT2D eigenvalue weighted by Gasteiger charge is -1.92. The SMILES string of the molecule is O=NNc1ncc(O)cn1. The van der Waals surface area contributed by atoms with Crippen LogP contribution in [-0.2, 0) is 0 Å². The van der Waals surface area contributed by atoms with Crippen LogP contribution in [0.1, 0.15) is 0 Å². The third kappa shape index (κ3) is 1.38. The number of hydrogen-bond donors (Lipinski definition) is 2. The molecule has 1 aromatic heterocycles. The zero-order chi connectivity index (χ0) is 7.40. The standard InChI is InChI=1S/C4H4N4O2/c9-3-1-5-4(6-2-3)7-8-10/h1-2,9H,(H,5,6,7,10). The highest BCUT2D eigenvalue weighted by molar-refractivity contribution is 5.24. The van der Waals surface area contributed by atoms with Gasteiger partial charge in [-0.15, -0.1) is 4.91 Å². The molecule has 0 aliphatic rings. The molecule has 0 aromatic carbocycles. The van der Waals surface area contributed by atoms with Crippen molar-refractivity contribution < 1.29 is 5.11 Å². The van der Waals surface area contributed by atoms with Gasteiger partial charge in [-0.25, -0.2) is 15.4 Å². The largest absolute Gasteiger partial charge is 0.505 e. The molecule has 0 aliphatic carbocycles. The molecule has 6 heteroatoms. The van der Waals surface area contributed by atoms with Crippen molar-refractivity contribution in [2.45, 2.75) is 0 Å². The van der Waals surface area contributed by atoms with Crippen LogP contribution in [0.3, 0.4) is 0 Å². The summed E-state index contributed by atoms with van der Waals surface area (Å²) in [5.41, 5.74) is 1.97. The maximum Gasteiger partial charge on any atom is 0.246 e. The fourth-order valence-electron chi connectivity index (χ4n) is 0.420. The highest BCUT2D eigenvalue weighted by Crippen LogP contribution is 2.04. The van der Waals surface area contributed by atoms with Gasteiger partial charge in [0.15, 0.2) is 5.75 Å². The van der Waals surface area contributed by atoms with E-state index >= 15 is 0 Å². The average Bonchev–Trinajstić information content (AvgIpc) is 1.95. The molecule has 6 nitrogen and oxygen atoms in total. The van der Waals surface area contributed by atoms with Gasteiger partial charge in [0.2, 0.25) is 5.95 Å². The molecule has 0 aliphatic heterocycles. The van der Waals surface area contributed by atoms with E-state index in [0.717, 1.165) is 12.4 Å². The van der Waals surface area contributed by atoms with E-state index in [0.29, 0.717) is 0 Å².